The molecule has 1 aliphatic rings. The SMILES string of the molecule is COC(=O)C1OC(Oc2ccc3cc4ccccc4cc3c2)C(OC(C)=O)C(CC(C)=O)C1OC(C)=O. The Kier molecular flexibility index (Phi) is 7.73. The van der Waals surface area contributed by atoms with Gasteiger partial charge >= 0.3 is 17.9 Å². The molecular formula is C28H28O9. The minimum absolute atomic E-state index is 0.156. The molecule has 3 aromatic carbocycles. The fourth-order valence-corrected chi connectivity index (χ4v) is 4.68. The summed E-state index contributed by atoms with van der Waals surface area (Å²) in [7, 11) is 1.16. The first-order valence-corrected chi connectivity index (χ1v) is 11.8. The maximum atomic E-state index is 12.6. The van der Waals surface area contributed by atoms with Crippen LogP contribution in [-0.2, 0) is 38.1 Å². The zero-order chi connectivity index (χ0) is 26.7. The van der Waals surface area contributed by atoms with E-state index in [-0.39, 0.29) is 12.2 Å². The maximum Gasteiger partial charge on any atom is 0.339 e. The number of carbonyl (C=O) groups is 4. The van der Waals surface area contributed by atoms with Crippen LogP contribution in [0.1, 0.15) is 27.2 Å². The minimum Gasteiger partial charge on any atom is -0.467 e. The number of esters is 3. The number of ether oxygens (including phenoxy) is 5. The molecule has 9 nitrogen and oxygen atoms in total. The van der Waals surface area contributed by atoms with Crippen molar-refractivity contribution in [2.75, 3.05) is 7.11 Å². The van der Waals surface area contributed by atoms with Gasteiger partial charge < -0.3 is 28.5 Å². The highest BCUT2D eigenvalue weighted by Crippen LogP contribution is 2.36. The molecule has 0 aliphatic carbocycles. The average molecular weight is 509 g/mol. The van der Waals surface area contributed by atoms with Gasteiger partial charge in [-0.15, -0.1) is 0 Å². The van der Waals surface area contributed by atoms with Crippen molar-refractivity contribution in [3.05, 3.63) is 54.6 Å². The molecule has 0 radical (unpaired) electrons. The number of carbonyl (C=O) groups excluding carboxylic acids is 4. The van der Waals surface area contributed by atoms with Crippen LogP contribution in [0, 0.1) is 5.92 Å². The number of hydrogen-bond donors (Lipinski definition) is 0. The number of methoxy groups -OCH3 is 1. The predicted octanol–water partition coefficient (Wildman–Crippen LogP) is 3.73. The summed E-state index contributed by atoms with van der Waals surface area (Å²) in [6.07, 6.45) is -5.24. The topological polar surface area (TPSA) is 114 Å². The molecule has 5 unspecified atom stereocenters. The van der Waals surface area contributed by atoms with Crippen LogP contribution < -0.4 is 4.74 Å². The molecular weight excluding hydrogens is 480 g/mol. The normalized spacial score (nSPS) is 23.3. The minimum atomic E-state index is -1.40. The molecule has 0 N–H and O–H groups in total. The van der Waals surface area contributed by atoms with Gasteiger partial charge in [0.1, 0.15) is 17.6 Å². The highest BCUT2D eigenvalue weighted by Gasteiger charge is 2.54. The van der Waals surface area contributed by atoms with E-state index in [4.69, 9.17) is 23.7 Å². The van der Waals surface area contributed by atoms with Crippen LogP contribution in [-0.4, -0.2) is 55.4 Å². The van der Waals surface area contributed by atoms with Crippen molar-refractivity contribution in [3.63, 3.8) is 0 Å². The van der Waals surface area contributed by atoms with Crippen LogP contribution in [0.2, 0.25) is 0 Å². The molecule has 37 heavy (non-hydrogen) atoms. The molecule has 194 valence electrons. The Morgan fingerprint density at radius 2 is 1.38 bits per heavy atom. The van der Waals surface area contributed by atoms with E-state index in [9.17, 15) is 19.2 Å². The number of ketones is 1. The van der Waals surface area contributed by atoms with Crippen molar-refractivity contribution in [2.45, 2.75) is 51.8 Å². The van der Waals surface area contributed by atoms with E-state index < -0.39 is 48.4 Å². The van der Waals surface area contributed by atoms with Crippen molar-refractivity contribution in [1.29, 1.82) is 0 Å². The Morgan fingerprint density at radius 1 is 0.784 bits per heavy atom. The quantitative estimate of drug-likeness (QED) is 0.267. The summed E-state index contributed by atoms with van der Waals surface area (Å²) < 4.78 is 27.8. The number of hydrogen-bond acceptors (Lipinski definition) is 9. The second-order valence-corrected chi connectivity index (χ2v) is 8.99. The highest BCUT2D eigenvalue weighted by atomic mass is 16.7. The third kappa shape index (κ3) is 5.89. The fraction of sp³-hybridized carbons (Fsp3) is 0.357. The summed E-state index contributed by atoms with van der Waals surface area (Å²) in [4.78, 5) is 48.7. The monoisotopic (exact) mass is 508 g/mol. The zero-order valence-electron chi connectivity index (χ0n) is 21.0. The molecule has 0 spiro atoms. The summed E-state index contributed by atoms with van der Waals surface area (Å²) in [5, 5.41) is 4.04. The lowest BCUT2D eigenvalue weighted by atomic mass is 9.84. The van der Waals surface area contributed by atoms with E-state index in [0.717, 1.165) is 28.7 Å². The van der Waals surface area contributed by atoms with Crippen LogP contribution in [0.25, 0.3) is 21.5 Å². The van der Waals surface area contributed by atoms with E-state index in [1.54, 1.807) is 12.1 Å². The number of rotatable bonds is 7. The van der Waals surface area contributed by atoms with Crippen LogP contribution in [0.3, 0.4) is 0 Å². The van der Waals surface area contributed by atoms with Crippen LogP contribution in [0.5, 0.6) is 5.75 Å². The highest BCUT2D eigenvalue weighted by molar-refractivity contribution is 5.98. The van der Waals surface area contributed by atoms with Gasteiger partial charge in [-0.2, -0.15) is 0 Å². The Bertz CT molecular complexity index is 1350. The molecule has 0 bridgehead atoms. The standard InChI is InChI=1S/C28H28O9/c1-15(29)11-23-24(34-16(2)30)26(27(32)33-4)37-28(25(23)35-17(3)31)36-22-10-9-20-12-18-7-5-6-8-19(18)13-21(20)14-22/h5-10,12-14,23-26,28H,11H2,1-4H3. The Balaban J connectivity index is 1.73. The molecule has 1 saturated heterocycles. The van der Waals surface area contributed by atoms with Crippen molar-refractivity contribution < 1.29 is 42.9 Å². The summed E-state index contributed by atoms with van der Waals surface area (Å²) in [5.74, 6) is -2.96. The van der Waals surface area contributed by atoms with Gasteiger partial charge in [0, 0.05) is 26.2 Å². The van der Waals surface area contributed by atoms with E-state index >= 15 is 0 Å². The Morgan fingerprint density at radius 3 is 1.97 bits per heavy atom. The lowest BCUT2D eigenvalue weighted by Gasteiger charge is -2.43. The average Bonchev–Trinajstić information content (AvgIpc) is 2.84. The third-order valence-electron chi connectivity index (χ3n) is 6.18. The molecule has 1 fully saturated rings. The molecule has 1 heterocycles. The molecule has 1 aliphatic heterocycles. The summed E-state index contributed by atoms with van der Waals surface area (Å²) in [6, 6.07) is 17.5. The zero-order valence-corrected chi connectivity index (χ0v) is 21.0. The van der Waals surface area contributed by atoms with E-state index in [0.29, 0.717) is 5.75 Å². The second kappa shape index (κ2) is 11.0. The fourth-order valence-electron chi connectivity index (χ4n) is 4.68. The largest absolute Gasteiger partial charge is 0.467 e. The van der Waals surface area contributed by atoms with Crippen LogP contribution in [0.15, 0.2) is 54.6 Å². The van der Waals surface area contributed by atoms with Crippen molar-refractivity contribution in [3.8, 4) is 5.75 Å². The number of Topliss-reactive ketones (excluding diaryl/α,β-unsaturated/α-hetero) is 1. The first kappa shape index (κ1) is 26.1. The van der Waals surface area contributed by atoms with E-state index in [1.807, 2.05) is 36.4 Å². The van der Waals surface area contributed by atoms with Crippen molar-refractivity contribution in [2.24, 2.45) is 5.92 Å². The molecule has 3 aromatic rings. The van der Waals surface area contributed by atoms with E-state index in [1.165, 1.54) is 20.8 Å². The first-order chi connectivity index (χ1) is 17.7. The number of fused-ring (bicyclic) bond motifs is 2. The van der Waals surface area contributed by atoms with Gasteiger partial charge in [-0.1, -0.05) is 30.3 Å². The number of benzene rings is 3. The van der Waals surface area contributed by atoms with Crippen molar-refractivity contribution in [1.82, 2.24) is 0 Å². The van der Waals surface area contributed by atoms with E-state index in [2.05, 4.69) is 6.07 Å². The molecule has 4 rings (SSSR count). The summed E-state index contributed by atoms with van der Waals surface area (Å²) >= 11 is 0. The Labute approximate surface area is 213 Å². The van der Waals surface area contributed by atoms with Crippen LogP contribution in [0.4, 0.5) is 0 Å². The van der Waals surface area contributed by atoms with Crippen molar-refractivity contribution >= 4 is 45.2 Å². The van der Waals surface area contributed by atoms with Gasteiger partial charge in [0.25, 0.3) is 0 Å². The lowest BCUT2D eigenvalue weighted by molar-refractivity contribution is -0.267. The van der Waals surface area contributed by atoms with Gasteiger partial charge in [0.05, 0.1) is 7.11 Å². The molecule has 5 atom stereocenters. The molecule has 0 saturated carbocycles. The van der Waals surface area contributed by atoms with Gasteiger partial charge in [-0.25, -0.2) is 4.79 Å². The predicted molar refractivity (Wildman–Crippen MR) is 133 cm³/mol. The summed E-state index contributed by atoms with van der Waals surface area (Å²) in [5.41, 5.74) is 0. The first-order valence-electron chi connectivity index (χ1n) is 11.8. The molecule has 0 aromatic heterocycles. The van der Waals surface area contributed by atoms with Gasteiger partial charge in [-0.3, -0.25) is 9.59 Å². The molecule has 9 heteroatoms. The van der Waals surface area contributed by atoms with Gasteiger partial charge in [0.15, 0.2) is 12.2 Å². The Hall–Kier alpha value is -3.98. The smallest absolute Gasteiger partial charge is 0.339 e. The second-order valence-electron chi connectivity index (χ2n) is 8.99. The van der Waals surface area contributed by atoms with Gasteiger partial charge in [0.2, 0.25) is 6.29 Å². The summed E-state index contributed by atoms with van der Waals surface area (Å²) in [6.45, 7) is 3.72. The van der Waals surface area contributed by atoms with Crippen LogP contribution >= 0.6 is 0 Å². The lowest BCUT2D eigenvalue weighted by Crippen LogP contribution is -2.61. The van der Waals surface area contributed by atoms with Gasteiger partial charge in [-0.05, 0) is 52.7 Å². The molecule has 0 amide bonds. The maximum absolute atomic E-state index is 12.6. The third-order valence-corrected chi connectivity index (χ3v) is 6.18.